The maximum Gasteiger partial charge on any atom is 0.573 e. The molecular weight excluding hydrogens is 327 g/mol. The molecule has 0 atom stereocenters. The van der Waals surface area contributed by atoms with Crippen LogP contribution in [0.3, 0.4) is 0 Å². The van der Waals surface area contributed by atoms with Gasteiger partial charge in [-0.2, -0.15) is 13.2 Å². The third-order valence-electron chi connectivity index (χ3n) is 2.20. The molecule has 0 aliphatic heterocycles. The highest BCUT2D eigenvalue weighted by molar-refractivity contribution is 5.73. The maximum absolute atomic E-state index is 13.8. The lowest BCUT2D eigenvalue weighted by atomic mass is 10.1. The number of hydrogen-bond acceptors (Lipinski definition) is 4. The Morgan fingerprint density at radius 3 is 2.27 bits per heavy atom. The minimum absolute atomic E-state index is 0.0496. The number of carbonyl (C=O) groups excluding carboxylic acids is 1. The molecule has 0 N–H and O–H groups in total. The van der Waals surface area contributed by atoms with Crippen molar-refractivity contribution < 1.29 is 45.0 Å². The zero-order chi connectivity index (χ0) is 17.1. The van der Waals surface area contributed by atoms with Crippen LogP contribution in [-0.2, 0) is 22.1 Å². The van der Waals surface area contributed by atoms with Gasteiger partial charge in [0.2, 0.25) is 0 Å². The predicted octanol–water partition coefficient (Wildman–Crippen LogP) is 3.24. The average molecular weight is 335 g/mol. The Balaban J connectivity index is 3.33. The van der Waals surface area contributed by atoms with Crippen LogP contribution in [-0.4, -0.2) is 23.9 Å². The number of halogens is 7. The second-order valence-electron chi connectivity index (χ2n) is 3.79. The molecule has 0 spiro atoms. The van der Waals surface area contributed by atoms with Crippen molar-refractivity contribution in [2.45, 2.75) is 25.9 Å². The summed E-state index contributed by atoms with van der Waals surface area (Å²) < 4.78 is 95.5. The number of alkyl halides is 6. The van der Waals surface area contributed by atoms with Crippen molar-refractivity contribution in [3.8, 4) is 5.75 Å². The van der Waals surface area contributed by atoms with E-state index in [4.69, 9.17) is 0 Å². The van der Waals surface area contributed by atoms with E-state index in [0.717, 1.165) is 0 Å². The van der Waals surface area contributed by atoms with Gasteiger partial charge in [-0.05, 0) is 6.92 Å². The zero-order valence-electron chi connectivity index (χ0n) is 10.8. The number of hydrogen-bond donors (Lipinski definition) is 0. The lowest BCUT2D eigenvalue weighted by molar-refractivity contribution is -0.275. The van der Waals surface area contributed by atoms with Crippen LogP contribution in [0.2, 0.25) is 0 Å². The molecule has 0 bridgehead atoms. The number of pyridine rings is 1. The molecule has 4 nitrogen and oxygen atoms in total. The van der Waals surface area contributed by atoms with E-state index in [2.05, 4.69) is 14.5 Å². The van der Waals surface area contributed by atoms with Crippen molar-refractivity contribution in [1.29, 1.82) is 0 Å². The Bertz CT molecular complexity index is 554. The lowest BCUT2D eigenvalue weighted by Crippen LogP contribution is -2.22. The van der Waals surface area contributed by atoms with E-state index in [9.17, 15) is 35.5 Å². The summed E-state index contributed by atoms with van der Waals surface area (Å²) in [6.45, 7) is 1.17. The molecule has 0 saturated heterocycles. The molecule has 22 heavy (non-hydrogen) atoms. The van der Waals surface area contributed by atoms with Gasteiger partial charge in [-0.25, -0.2) is 9.37 Å². The van der Waals surface area contributed by atoms with Gasteiger partial charge in [-0.1, -0.05) is 0 Å². The van der Waals surface area contributed by atoms with E-state index < -0.39 is 47.8 Å². The van der Waals surface area contributed by atoms with Gasteiger partial charge in [-0.15, -0.1) is 13.2 Å². The van der Waals surface area contributed by atoms with Crippen LogP contribution in [0.15, 0.2) is 6.20 Å². The van der Waals surface area contributed by atoms with Gasteiger partial charge in [0.25, 0.3) is 0 Å². The number of aromatic nitrogens is 1. The van der Waals surface area contributed by atoms with Gasteiger partial charge >= 0.3 is 18.5 Å². The van der Waals surface area contributed by atoms with E-state index in [-0.39, 0.29) is 12.8 Å². The SMILES string of the molecule is CCOC(=O)Cc1c(OC(F)(F)F)cnc(C(F)(F)F)c1F. The van der Waals surface area contributed by atoms with Crippen LogP contribution in [0.1, 0.15) is 18.2 Å². The molecule has 0 aromatic carbocycles. The molecule has 0 fully saturated rings. The number of rotatable bonds is 4. The molecule has 0 amide bonds. The molecule has 124 valence electrons. The molecule has 1 rings (SSSR count). The monoisotopic (exact) mass is 335 g/mol. The molecule has 1 heterocycles. The number of esters is 1. The normalized spacial score (nSPS) is 12.2. The van der Waals surface area contributed by atoms with Crippen molar-refractivity contribution in [2.24, 2.45) is 0 Å². The first-order valence-corrected chi connectivity index (χ1v) is 5.61. The molecule has 0 radical (unpaired) electrons. The van der Waals surface area contributed by atoms with E-state index in [1.165, 1.54) is 6.92 Å². The summed E-state index contributed by atoms with van der Waals surface area (Å²) >= 11 is 0. The molecule has 0 saturated carbocycles. The van der Waals surface area contributed by atoms with E-state index in [1.54, 1.807) is 0 Å². The first-order chi connectivity index (χ1) is 9.95. The van der Waals surface area contributed by atoms with Gasteiger partial charge in [-0.3, -0.25) is 4.79 Å². The molecule has 1 aromatic rings. The Morgan fingerprint density at radius 1 is 1.23 bits per heavy atom. The molecule has 1 aromatic heterocycles. The Hall–Kier alpha value is -2.07. The molecule has 0 aliphatic carbocycles. The van der Waals surface area contributed by atoms with Crippen LogP contribution in [0.25, 0.3) is 0 Å². The molecular formula is C11H8F7NO3. The van der Waals surface area contributed by atoms with Gasteiger partial charge in [0.05, 0.1) is 19.2 Å². The summed E-state index contributed by atoms with van der Waals surface area (Å²) in [6, 6.07) is 0. The summed E-state index contributed by atoms with van der Waals surface area (Å²) in [7, 11) is 0. The topological polar surface area (TPSA) is 48.4 Å². The zero-order valence-corrected chi connectivity index (χ0v) is 10.8. The second-order valence-corrected chi connectivity index (χ2v) is 3.79. The minimum Gasteiger partial charge on any atom is -0.466 e. The summed E-state index contributed by atoms with van der Waals surface area (Å²) in [6.07, 6.45) is -11.7. The van der Waals surface area contributed by atoms with Gasteiger partial charge in [0.1, 0.15) is 0 Å². The Morgan fingerprint density at radius 2 is 1.82 bits per heavy atom. The average Bonchev–Trinajstić information content (AvgIpc) is 2.30. The van der Waals surface area contributed by atoms with Gasteiger partial charge < -0.3 is 9.47 Å². The van der Waals surface area contributed by atoms with Crippen LogP contribution < -0.4 is 4.74 Å². The highest BCUT2D eigenvalue weighted by atomic mass is 19.4. The Kier molecular flexibility index (Phi) is 5.20. The fourth-order valence-electron chi connectivity index (χ4n) is 1.44. The quantitative estimate of drug-likeness (QED) is 0.626. The maximum atomic E-state index is 13.8. The van der Waals surface area contributed by atoms with Crippen LogP contribution in [0, 0.1) is 5.82 Å². The summed E-state index contributed by atoms with van der Waals surface area (Å²) in [5.41, 5.74) is -3.29. The van der Waals surface area contributed by atoms with Crippen molar-refractivity contribution in [3.63, 3.8) is 0 Å². The van der Waals surface area contributed by atoms with Crippen molar-refractivity contribution in [1.82, 2.24) is 4.98 Å². The number of ether oxygens (including phenoxy) is 2. The highest BCUT2D eigenvalue weighted by Crippen LogP contribution is 2.35. The molecule has 0 aliphatic rings. The summed E-state index contributed by atoms with van der Waals surface area (Å²) in [4.78, 5) is 13.8. The van der Waals surface area contributed by atoms with E-state index in [1.807, 2.05) is 0 Å². The second kappa shape index (κ2) is 6.36. The summed E-state index contributed by atoms with van der Waals surface area (Å²) in [5, 5.41) is 0. The number of nitrogens with zero attached hydrogens (tertiary/aromatic N) is 1. The standard InChI is InChI=1S/C11H8F7NO3/c1-2-21-7(20)3-5-6(22-11(16,17)18)4-19-9(8(5)12)10(13,14)15/h4H,2-3H2,1H3. The predicted molar refractivity (Wildman–Crippen MR) is 56.2 cm³/mol. The largest absolute Gasteiger partial charge is 0.573 e. The van der Waals surface area contributed by atoms with Crippen LogP contribution >= 0.6 is 0 Å². The van der Waals surface area contributed by atoms with Crippen molar-refractivity contribution in [2.75, 3.05) is 6.61 Å². The molecule has 0 unspecified atom stereocenters. The van der Waals surface area contributed by atoms with Crippen LogP contribution in [0.4, 0.5) is 30.7 Å². The highest BCUT2D eigenvalue weighted by Gasteiger charge is 2.40. The van der Waals surface area contributed by atoms with E-state index in [0.29, 0.717) is 0 Å². The fraction of sp³-hybridized carbons (Fsp3) is 0.455. The lowest BCUT2D eigenvalue weighted by Gasteiger charge is -2.16. The first kappa shape index (κ1) is 18.0. The van der Waals surface area contributed by atoms with Gasteiger partial charge in [0.15, 0.2) is 17.3 Å². The fourth-order valence-corrected chi connectivity index (χ4v) is 1.44. The van der Waals surface area contributed by atoms with Crippen molar-refractivity contribution in [3.05, 3.63) is 23.3 Å². The summed E-state index contributed by atoms with van der Waals surface area (Å²) in [5.74, 6) is -4.68. The minimum atomic E-state index is -5.29. The number of carbonyl (C=O) groups is 1. The van der Waals surface area contributed by atoms with E-state index >= 15 is 0 Å². The van der Waals surface area contributed by atoms with Crippen molar-refractivity contribution >= 4 is 5.97 Å². The van der Waals surface area contributed by atoms with Crippen LogP contribution in [0.5, 0.6) is 5.75 Å². The smallest absolute Gasteiger partial charge is 0.466 e. The third-order valence-corrected chi connectivity index (χ3v) is 2.20. The van der Waals surface area contributed by atoms with Gasteiger partial charge in [0, 0.05) is 5.56 Å². The molecule has 11 heteroatoms. The first-order valence-electron chi connectivity index (χ1n) is 5.61. The Labute approximate surface area is 118 Å². The third kappa shape index (κ3) is 4.74.